The van der Waals surface area contributed by atoms with Crippen molar-refractivity contribution in [1.82, 2.24) is 14.9 Å². The fraction of sp³-hybridized carbons (Fsp3) is 0.424. The van der Waals surface area contributed by atoms with Crippen LogP contribution in [-0.4, -0.2) is 72.1 Å². The predicted octanol–water partition coefficient (Wildman–Crippen LogP) is 5.98. The van der Waals surface area contributed by atoms with Crippen LogP contribution in [0.2, 0.25) is 0 Å². The van der Waals surface area contributed by atoms with Crippen LogP contribution < -0.4 is 9.64 Å². The third-order valence-corrected chi connectivity index (χ3v) is 9.08. The van der Waals surface area contributed by atoms with Gasteiger partial charge in [-0.15, -0.1) is 11.3 Å². The van der Waals surface area contributed by atoms with E-state index in [4.69, 9.17) is 24.2 Å². The average molecular weight is 587 g/mol. The highest BCUT2D eigenvalue weighted by atomic mass is 32.1. The summed E-state index contributed by atoms with van der Waals surface area (Å²) in [4.78, 5) is 29.3. The first-order chi connectivity index (χ1) is 20.3. The van der Waals surface area contributed by atoms with Crippen molar-refractivity contribution in [2.24, 2.45) is 0 Å². The van der Waals surface area contributed by atoms with E-state index in [1.807, 2.05) is 43.0 Å². The van der Waals surface area contributed by atoms with Crippen LogP contribution in [0.1, 0.15) is 48.5 Å². The van der Waals surface area contributed by atoms with E-state index >= 15 is 0 Å². The van der Waals surface area contributed by atoms with Gasteiger partial charge < -0.3 is 24.0 Å². The zero-order valence-corrected chi connectivity index (χ0v) is 25.6. The Morgan fingerprint density at radius 3 is 2.29 bits per heavy atom. The number of ether oxygens (including phenoxy) is 3. The van der Waals surface area contributed by atoms with Gasteiger partial charge in [-0.05, 0) is 61.6 Å². The van der Waals surface area contributed by atoms with Crippen molar-refractivity contribution >= 4 is 33.3 Å². The number of piperazine rings is 1. The third-order valence-electron chi connectivity index (χ3n) is 7.91. The lowest BCUT2D eigenvalue weighted by atomic mass is 10.0. The molecule has 4 heterocycles. The van der Waals surface area contributed by atoms with Gasteiger partial charge in [-0.2, -0.15) is 9.97 Å². The second kappa shape index (κ2) is 12.0. The lowest BCUT2D eigenvalue weighted by Crippen LogP contribution is -2.49. The van der Waals surface area contributed by atoms with Crippen LogP contribution in [0, 0.1) is 0 Å². The Balaban J connectivity index is 1.13. The first-order valence-corrected chi connectivity index (χ1v) is 15.6. The summed E-state index contributed by atoms with van der Waals surface area (Å²) in [6.07, 6.45) is 1.79. The van der Waals surface area contributed by atoms with Crippen molar-refractivity contribution in [3.8, 4) is 17.1 Å². The monoisotopic (exact) mass is 586 g/mol. The number of benzene rings is 2. The van der Waals surface area contributed by atoms with Crippen molar-refractivity contribution in [2.45, 2.75) is 52.4 Å². The summed E-state index contributed by atoms with van der Waals surface area (Å²) in [6.45, 7) is 11.5. The molecule has 4 aromatic rings. The molecule has 0 spiro atoms. The maximum Gasteiger partial charge on any atom is 0.319 e. The Hall–Kier alpha value is -3.53. The van der Waals surface area contributed by atoms with Crippen LogP contribution in [0.3, 0.4) is 0 Å². The molecule has 2 saturated heterocycles. The highest BCUT2D eigenvalue weighted by Gasteiger charge is 2.33. The van der Waals surface area contributed by atoms with E-state index in [1.54, 1.807) is 11.3 Å². The third kappa shape index (κ3) is 6.14. The lowest BCUT2D eigenvalue weighted by molar-refractivity contribution is -0.141. The summed E-state index contributed by atoms with van der Waals surface area (Å²) in [7, 11) is 0. The summed E-state index contributed by atoms with van der Waals surface area (Å²) in [6, 6.07) is 19.1. The molecule has 42 heavy (non-hydrogen) atoms. The minimum atomic E-state index is -0.604. The van der Waals surface area contributed by atoms with Crippen molar-refractivity contribution < 1.29 is 19.0 Å². The van der Waals surface area contributed by atoms with Gasteiger partial charge in [0.25, 0.3) is 5.91 Å². The maximum atomic E-state index is 13.4. The second-order valence-corrected chi connectivity index (χ2v) is 12.4. The first-order valence-electron chi connectivity index (χ1n) is 14.8. The number of rotatable bonds is 8. The molecule has 2 aromatic heterocycles. The summed E-state index contributed by atoms with van der Waals surface area (Å²) in [5.41, 5.74) is 4.30. The van der Waals surface area contributed by atoms with Gasteiger partial charge in [0.15, 0.2) is 5.79 Å². The molecule has 2 aliphatic rings. The molecule has 0 N–H and O–H groups in total. The van der Waals surface area contributed by atoms with E-state index in [0.29, 0.717) is 51.0 Å². The number of amides is 1. The van der Waals surface area contributed by atoms with Crippen LogP contribution >= 0.6 is 11.3 Å². The van der Waals surface area contributed by atoms with Crippen molar-refractivity contribution in [1.29, 1.82) is 0 Å². The van der Waals surface area contributed by atoms with Gasteiger partial charge in [-0.25, -0.2) is 0 Å². The molecule has 2 aromatic carbocycles. The molecule has 1 amide bonds. The number of aromatic nitrogens is 2. The molecule has 220 valence electrons. The number of aryl methyl sites for hydroxylation is 2. The van der Waals surface area contributed by atoms with E-state index in [-0.39, 0.29) is 12.0 Å². The van der Waals surface area contributed by atoms with Gasteiger partial charge in [-0.3, -0.25) is 4.79 Å². The standard InChI is InChI=1S/C33H38N4O4S/c1-5-22-7-9-23(10-8-22)24-11-13-25(14-12-24)31(38)37-17-15-36(16-18-37)29-28-19-27(6-2)42-30(28)35-32(34-29)39-20-26-21-40-33(3,4)41-26/h7-14,19,26H,5-6,15-18,20-21H2,1-4H3/t26-/m0/s1. The van der Waals surface area contributed by atoms with Crippen molar-refractivity contribution in [3.63, 3.8) is 0 Å². The van der Waals surface area contributed by atoms with E-state index < -0.39 is 5.79 Å². The molecule has 2 aliphatic heterocycles. The molecular formula is C33H38N4O4S. The summed E-state index contributed by atoms with van der Waals surface area (Å²) in [5.74, 6) is 0.318. The van der Waals surface area contributed by atoms with Gasteiger partial charge in [0.2, 0.25) is 0 Å². The zero-order valence-electron chi connectivity index (χ0n) is 24.8. The average Bonchev–Trinajstić information content (AvgIpc) is 3.61. The number of anilines is 1. The normalized spacial score (nSPS) is 18.5. The van der Waals surface area contributed by atoms with Crippen LogP contribution in [0.5, 0.6) is 6.01 Å². The largest absolute Gasteiger partial charge is 0.461 e. The Labute approximate surface area is 251 Å². The van der Waals surface area contributed by atoms with Crippen LogP contribution in [0.4, 0.5) is 5.82 Å². The van der Waals surface area contributed by atoms with Crippen molar-refractivity contribution in [3.05, 3.63) is 70.6 Å². The summed E-state index contributed by atoms with van der Waals surface area (Å²) in [5, 5.41) is 1.04. The van der Waals surface area contributed by atoms with E-state index in [2.05, 4.69) is 49.1 Å². The number of nitrogens with zero attached hydrogens (tertiary/aromatic N) is 4. The number of fused-ring (bicyclic) bond motifs is 1. The van der Waals surface area contributed by atoms with Gasteiger partial charge in [-0.1, -0.05) is 50.2 Å². The lowest BCUT2D eigenvalue weighted by Gasteiger charge is -2.35. The van der Waals surface area contributed by atoms with Gasteiger partial charge in [0.05, 0.1) is 12.0 Å². The number of carbonyl (C=O) groups excluding carboxylic acids is 1. The van der Waals surface area contributed by atoms with Crippen LogP contribution in [0.25, 0.3) is 21.3 Å². The summed E-state index contributed by atoms with van der Waals surface area (Å²) >= 11 is 1.67. The number of hydrogen-bond donors (Lipinski definition) is 0. The molecule has 0 aliphatic carbocycles. The van der Waals surface area contributed by atoms with E-state index in [1.165, 1.54) is 10.4 Å². The molecular weight excluding hydrogens is 548 g/mol. The van der Waals surface area contributed by atoms with Gasteiger partial charge >= 0.3 is 6.01 Å². The first kappa shape index (κ1) is 28.6. The zero-order chi connectivity index (χ0) is 29.3. The SMILES string of the molecule is CCc1ccc(-c2ccc(C(=O)N3CCN(c4nc(OC[C@H]5COC(C)(C)O5)nc5sc(CC)cc45)CC3)cc2)cc1. The number of carbonyl (C=O) groups is 1. The molecule has 0 bridgehead atoms. The Morgan fingerprint density at radius 2 is 1.67 bits per heavy atom. The van der Waals surface area contributed by atoms with E-state index in [9.17, 15) is 4.79 Å². The molecule has 0 radical (unpaired) electrons. The minimum absolute atomic E-state index is 0.0601. The van der Waals surface area contributed by atoms with Crippen molar-refractivity contribution in [2.75, 3.05) is 44.3 Å². The van der Waals surface area contributed by atoms with E-state index in [0.717, 1.165) is 40.0 Å². The molecule has 0 unspecified atom stereocenters. The molecule has 6 rings (SSSR count). The van der Waals surface area contributed by atoms with Gasteiger partial charge in [0, 0.05) is 36.6 Å². The fourth-order valence-electron chi connectivity index (χ4n) is 5.47. The fourth-order valence-corrected chi connectivity index (χ4v) is 6.43. The smallest absolute Gasteiger partial charge is 0.319 e. The number of hydrogen-bond acceptors (Lipinski definition) is 8. The molecule has 2 fully saturated rings. The molecule has 9 heteroatoms. The quantitative estimate of drug-likeness (QED) is 0.252. The Bertz CT molecular complexity index is 1540. The minimum Gasteiger partial charge on any atom is -0.461 e. The Kier molecular flexibility index (Phi) is 8.16. The topological polar surface area (TPSA) is 77.0 Å². The predicted molar refractivity (Wildman–Crippen MR) is 167 cm³/mol. The van der Waals surface area contributed by atoms with Crippen LogP contribution in [0.15, 0.2) is 54.6 Å². The Morgan fingerprint density at radius 1 is 0.976 bits per heavy atom. The highest BCUT2D eigenvalue weighted by Crippen LogP contribution is 2.34. The summed E-state index contributed by atoms with van der Waals surface area (Å²) < 4.78 is 17.6. The maximum absolute atomic E-state index is 13.4. The molecule has 1 atom stereocenters. The second-order valence-electron chi connectivity index (χ2n) is 11.3. The van der Waals surface area contributed by atoms with Gasteiger partial charge in [0.1, 0.15) is 23.4 Å². The molecule has 0 saturated carbocycles. The van der Waals surface area contributed by atoms with Crippen LogP contribution in [-0.2, 0) is 22.3 Å². The molecule has 8 nitrogen and oxygen atoms in total. The number of thiophene rings is 1. The highest BCUT2D eigenvalue weighted by molar-refractivity contribution is 7.18.